The lowest BCUT2D eigenvalue weighted by Crippen LogP contribution is -2.41. The third kappa shape index (κ3) is 4.40. The molecule has 3 aromatic rings. The average Bonchev–Trinajstić information content (AvgIpc) is 3.26. The summed E-state index contributed by atoms with van der Waals surface area (Å²) >= 11 is 3.19. The van der Waals surface area contributed by atoms with Crippen molar-refractivity contribution in [3.8, 4) is 11.3 Å². The smallest absolute Gasteiger partial charge is 0.271 e. The molecule has 1 fully saturated rings. The number of aromatic nitrogens is 3. The molecule has 1 saturated heterocycles. The number of pyridine rings is 1. The van der Waals surface area contributed by atoms with E-state index >= 15 is 0 Å². The summed E-state index contributed by atoms with van der Waals surface area (Å²) in [5.41, 5.74) is 2.10. The van der Waals surface area contributed by atoms with Crippen molar-refractivity contribution in [2.45, 2.75) is 12.8 Å². The Bertz CT molecular complexity index is 1060. The quantitative estimate of drug-likeness (QED) is 0.604. The van der Waals surface area contributed by atoms with Gasteiger partial charge in [-0.3, -0.25) is 19.7 Å². The lowest BCUT2D eigenvalue weighted by molar-refractivity contribution is -0.121. The predicted octanol–water partition coefficient (Wildman–Crippen LogP) is 3.86. The molecule has 3 heterocycles. The first-order chi connectivity index (χ1) is 14.5. The fraction of sp³-hybridized carbons (Fsp3) is 0.238. The van der Waals surface area contributed by atoms with Gasteiger partial charge in [-0.2, -0.15) is 5.10 Å². The van der Waals surface area contributed by atoms with E-state index in [2.05, 4.69) is 36.4 Å². The van der Waals surface area contributed by atoms with Crippen molar-refractivity contribution in [2.75, 3.05) is 18.4 Å². The fourth-order valence-electron chi connectivity index (χ4n) is 3.44. The highest BCUT2D eigenvalue weighted by Gasteiger charge is 2.29. The van der Waals surface area contributed by atoms with Gasteiger partial charge in [0.25, 0.3) is 5.91 Å². The van der Waals surface area contributed by atoms with E-state index in [9.17, 15) is 14.0 Å². The number of likely N-dealkylation sites (tertiary alicyclic amines) is 1. The zero-order chi connectivity index (χ0) is 21.1. The van der Waals surface area contributed by atoms with Crippen molar-refractivity contribution in [1.29, 1.82) is 0 Å². The molecule has 0 saturated carbocycles. The van der Waals surface area contributed by atoms with E-state index in [4.69, 9.17) is 0 Å². The number of hydrogen-bond acceptors (Lipinski definition) is 4. The van der Waals surface area contributed by atoms with Crippen molar-refractivity contribution in [3.05, 3.63) is 64.8 Å². The van der Waals surface area contributed by atoms with Crippen LogP contribution in [0, 0.1) is 11.7 Å². The molecular formula is C21H19BrFN5O2. The topological polar surface area (TPSA) is 91.0 Å². The Balaban J connectivity index is 1.34. The van der Waals surface area contributed by atoms with Gasteiger partial charge in [-0.15, -0.1) is 0 Å². The van der Waals surface area contributed by atoms with E-state index in [-0.39, 0.29) is 23.4 Å². The zero-order valence-corrected chi connectivity index (χ0v) is 17.5. The van der Waals surface area contributed by atoms with Crippen molar-refractivity contribution in [3.63, 3.8) is 0 Å². The summed E-state index contributed by atoms with van der Waals surface area (Å²) in [5, 5.41) is 9.64. The molecule has 30 heavy (non-hydrogen) atoms. The molecule has 2 N–H and O–H groups in total. The fourth-order valence-corrected chi connectivity index (χ4v) is 3.78. The number of nitrogens with one attached hydrogen (secondary N) is 2. The van der Waals surface area contributed by atoms with Gasteiger partial charge in [0.1, 0.15) is 11.5 Å². The lowest BCUT2D eigenvalue weighted by atomic mass is 9.95. The average molecular weight is 472 g/mol. The van der Waals surface area contributed by atoms with E-state index in [1.807, 2.05) is 12.1 Å². The highest BCUT2D eigenvalue weighted by atomic mass is 79.9. The predicted molar refractivity (Wildman–Crippen MR) is 113 cm³/mol. The molecule has 2 aromatic heterocycles. The Morgan fingerprint density at radius 3 is 2.57 bits per heavy atom. The third-order valence-electron chi connectivity index (χ3n) is 5.13. The number of piperidine rings is 1. The number of anilines is 1. The van der Waals surface area contributed by atoms with Gasteiger partial charge in [0.2, 0.25) is 5.91 Å². The number of H-pyrrole nitrogens is 1. The monoisotopic (exact) mass is 471 g/mol. The van der Waals surface area contributed by atoms with Crippen LogP contribution in [0.5, 0.6) is 0 Å². The van der Waals surface area contributed by atoms with Crippen LogP contribution in [0.15, 0.2) is 53.3 Å². The Kier molecular flexibility index (Phi) is 5.89. The second kappa shape index (κ2) is 8.74. The van der Waals surface area contributed by atoms with Crippen molar-refractivity contribution in [2.24, 2.45) is 5.92 Å². The summed E-state index contributed by atoms with van der Waals surface area (Å²) in [5.74, 6) is -1.15. The maximum atomic E-state index is 13.9. The van der Waals surface area contributed by atoms with E-state index in [1.54, 1.807) is 29.4 Å². The van der Waals surface area contributed by atoms with Gasteiger partial charge in [-0.1, -0.05) is 15.9 Å². The molecular weight excluding hydrogens is 453 g/mol. The highest BCUT2D eigenvalue weighted by Crippen LogP contribution is 2.24. The number of rotatable bonds is 4. The molecule has 1 aromatic carbocycles. The Labute approximate surface area is 180 Å². The van der Waals surface area contributed by atoms with Crippen LogP contribution in [0.4, 0.5) is 10.1 Å². The van der Waals surface area contributed by atoms with Crippen LogP contribution in [-0.2, 0) is 4.79 Å². The largest absolute Gasteiger partial charge is 0.337 e. The normalized spacial score (nSPS) is 14.5. The van der Waals surface area contributed by atoms with Gasteiger partial charge in [0, 0.05) is 41.4 Å². The van der Waals surface area contributed by atoms with Gasteiger partial charge in [-0.25, -0.2) is 4.39 Å². The Morgan fingerprint density at radius 2 is 1.87 bits per heavy atom. The standard InChI is InChI=1S/C21H19BrFN5O2/c22-15-1-2-17(16(23)11-15)25-20(29)14-5-9-28(10-6-14)21(30)19-12-18(26-27-19)13-3-7-24-8-4-13/h1-4,7-8,11-12,14H,5-6,9-10H2,(H,25,29)(H,26,27). The van der Waals surface area contributed by atoms with Gasteiger partial charge < -0.3 is 10.2 Å². The molecule has 0 spiro atoms. The Hall–Kier alpha value is -3.07. The summed E-state index contributed by atoms with van der Waals surface area (Å²) in [6, 6.07) is 9.86. The molecule has 2 amide bonds. The molecule has 0 radical (unpaired) electrons. The van der Waals surface area contributed by atoms with Gasteiger partial charge >= 0.3 is 0 Å². The molecule has 0 atom stereocenters. The van der Waals surface area contributed by atoms with E-state index in [0.29, 0.717) is 41.8 Å². The molecule has 4 rings (SSSR count). The van der Waals surface area contributed by atoms with Gasteiger partial charge in [0.05, 0.1) is 11.4 Å². The molecule has 154 valence electrons. The summed E-state index contributed by atoms with van der Waals surface area (Å²) in [4.78, 5) is 30.9. The number of nitrogens with zero attached hydrogens (tertiary/aromatic N) is 3. The Morgan fingerprint density at radius 1 is 1.13 bits per heavy atom. The highest BCUT2D eigenvalue weighted by molar-refractivity contribution is 9.10. The molecule has 7 nitrogen and oxygen atoms in total. The van der Waals surface area contributed by atoms with Crippen LogP contribution in [0.3, 0.4) is 0 Å². The van der Waals surface area contributed by atoms with Crippen LogP contribution in [0.1, 0.15) is 23.3 Å². The van der Waals surface area contributed by atoms with Gasteiger partial charge in [-0.05, 0) is 49.2 Å². The minimum atomic E-state index is -0.491. The maximum absolute atomic E-state index is 13.9. The van der Waals surface area contributed by atoms with Crippen LogP contribution in [0.25, 0.3) is 11.3 Å². The summed E-state index contributed by atoms with van der Waals surface area (Å²) in [6.45, 7) is 0.896. The second-order valence-electron chi connectivity index (χ2n) is 7.08. The minimum Gasteiger partial charge on any atom is -0.337 e. The van der Waals surface area contributed by atoms with Crippen LogP contribution in [0.2, 0.25) is 0 Å². The van der Waals surface area contributed by atoms with E-state index in [0.717, 1.165) is 5.56 Å². The molecule has 0 bridgehead atoms. The number of benzene rings is 1. The zero-order valence-electron chi connectivity index (χ0n) is 15.9. The second-order valence-corrected chi connectivity index (χ2v) is 8.00. The van der Waals surface area contributed by atoms with E-state index < -0.39 is 5.82 Å². The van der Waals surface area contributed by atoms with Crippen LogP contribution >= 0.6 is 15.9 Å². The number of amides is 2. The molecule has 1 aliphatic rings. The summed E-state index contributed by atoms with van der Waals surface area (Å²) in [7, 11) is 0. The number of hydrogen-bond donors (Lipinski definition) is 2. The summed E-state index contributed by atoms with van der Waals surface area (Å²) in [6.07, 6.45) is 4.37. The molecule has 9 heteroatoms. The van der Waals surface area contributed by atoms with E-state index in [1.165, 1.54) is 12.1 Å². The number of carbonyl (C=O) groups excluding carboxylic acids is 2. The van der Waals surface area contributed by atoms with Crippen molar-refractivity contribution in [1.82, 2.24) is 20.1 Å². The SMILES string of the molecule is O=C(Nc1ccc(Br)cc1F)C1CCN(C(=O)c2cc(-c3ccncc3)n[nH]2)CC1. The molecule has 0 aliphatic carbocycles. The van der Waals surface area contributed by atoms with Crippen molar-refractivity contribution >= 4 is 33.4 Å². The first kappa shape index (κ1) is 20.2. The third-order valence-corrected chi connectivity index (χ3v) is 5.62. The van der Waals surface area contributed by atoms with Gasteiger partial charge in [0.15, 0.2) is 0 Å². The lowest BCUT2D eigenvalue weighted by Gasteiger charge is -2.31. The first-order valence-electron chi connectivity index (χ1n) is 9.52. The van der Waals surface area contributed by atoms with Crippen molar-refractivity contribution < 1.29 is 14.0 Å². The maximum Gasteiger partial charge on any atom is 0.271 e. The minimum absolute atomic E-state index is 0.152. The number of carbonyl (C=O) groups is 2. The summed E-state index contributed by atoms with van der Waals surface area (Å²) < 4.78 is 14.6. The number of aromatic amines is 1. The molecule has 0 unspecified atom stereocenters. The number of halogens is 2. The molecule has 1 aliphatic heterocycles. The van der Waals surface area contributed by atoms with Crippen LogP contribution in [-0.4, -0.2) is 45.0 Å². The first-order valence-corrected chi connectivity index (χ1v) is 10.3. The van der Waals surface area contributed by atoms with Crippen LogP contribution < -0.4 is 5.32 Å².